The molecule has 6 nitrogen and oxygen atoms in total. The lowest BCUT2D eigenvalue weighted by atomic mass is 10.2. The number of halogens is 1. The molecule has 0 fully saturated rings. The van der Waals surface area contributed by atoms with Crippen LogP contribution in [0.5, 0.6) is 0 Å². The van der Waals surface area contributed by atoms with Crippen LogP contribution >= 0.6 is 11.3 Å². The summed E-state index contributed by atoms with van der Waals surface area (Å²) < 4.78 is 14.8. The summed E-state index contributed by atoms with van der Waals surface area (Å²) in [6.45, 7) is 8.39. The molecule has 0 aliphatic rings. The monoisotopic (exact) mass is 414 g/mol. The molecule has 2 heterocycles. The van der Waals surface area contributed by atoms with Crippen LogP contribution in [0.4, 0.5) is 4.39 Å². The zero-order valence-corrected chi connectivity index (χ0v) is 17.8. The van der Waals surface area contributed by atoms with Crippen molar-refractivity contribution in [3.05, 3.63) is 64.1 Å². The summed E-state index contributed by atoms with van der Waals surface area (Å²) in [5.74, 6) is 0.954. The van der Waals surface area contributed by atoms with E-state index < -0.39 is 0 Å². The van der Waals surface area contributed by atoms with Crippen molar-refractivity contribution in [3.63, 3.8) is 0 Å². The van der Waals surface area contributed by atoms with Crippen molar-refractivity contribution < 1.29 is 4.39 Å². The molecule has 0 aliphatic heterocycles. The predicted octanol–water partition coefficient (Wildman–Crippen LogP) is 3.89. The molecule has 0 radical (unpaired) electrons. The Balaban J connectivity index is 1.53. The van der Waals surface area contributed by atoms with Gasteiger partial charge in [-0.1, -0.05) is 13.8 Å². The summed E-state index contributed by atoms with van der Waals surface area (Å²) in [4.78, 5) is 9.26. The highest BCUT2D eigenvalue weighted by atomic mass is 32.1. The molecule has 0 spiro atoms. The van der Waals surface area contributed by atoms with Gasteiger partial charge in [0.15, 0.2) is 5.96 Å². The van der Waals surface area contributed by atoms with E-state index in [2.05, 4.69) is 44.9 Å². The number of rotatable bonds is 8. The predicted molar refractivity (Wildman–Crippen MR) is 116 cm³/mol. The van der Waals surface area contributed by atoms with E-state index >= 15 is 0 Å². The van der Waals surface area contributed by atoms with Gasteiger partial charge in [-0.05, 0) is 43.2 Å². The van der Waals surface area contributed by atoms with Gasteiger partial charge in [0.2, 0.25) is 0 Å². The van der Waals surface area contributed by atoms with Gasteiger partial charge in [0.05, 0.1) is 23.6 Å². The summed E-state index contributed by atoms with van der Waals surface area (Å²) in [6.07, 6.45) is 2.64. The van der Waals surface area contributed by atoms with E-state index in [1.807, 2.05) is 19.2 Å². The molecule has 0 atom stereocenters. The molecule has 2 aromatic heterocycles. The van der Waals surface area contributed by atoms with Crippen molar-refractivity contribution in [1.29, 1.82) is 0 Å². The minimum Gasteiger partial charge on any atom is -0.357 e. The molecule has 3 aromatic rings. The molecule has 0 aliphatic carbocycles. The maximum atomic E-state index is 13.1. The molecule has 2 N–H and O–H groups in total. The molecular formula is C21H27FN6S. The Morgan fingerprint density at radius 1 is 1.21 bits per heavy atom. The summed E-state index contributed by atoms with van der Waals surface area (Å²) in [5.41, 5.74) is 2.92. The van der Waals surface area contributed by atoms with E-state index in [9.17, 15) is 4.39 Å². The highest BCUT2D eigenvalue weighted by Gasteiger charge is 2.06. The van der Waals surface area contributed by atoms with E-state index in [1.54, 1.807) is 28.2 Å². The van der Waals surface area contributed by atoms with Gasteiger partial charge in [-0.3, -0.25) is 0 Å². The molecule has 154 valence electrons. The van der Waals surface area contributed by atoms with Crippen molar-refractivity contribution in [3.8, 4) is 5.69 Å². The lowest BCUT2D eigenvalue weighted by molar-refractivity contribution is 0.627. The van der Waals surface area contributed by atoms with Crippen LogP contribution in [-0.4, -0.2) is 33.8 Å². The molecule has 0 saturated heterocycles. The van der Waals surface area contributed by atoms with Gasteiger partial charge in [-0.2, -0.15) is 5.10 Å². The minimum atomic E-state index is -0.251. The number of guanidine groups is 1. The van der Waals surface area contributed by atoms with E-state index in [-0.39, 0.29) is 5.82 Å². The Kier molecular flexibility index (Phi) is 7.35. The van der Waals surface area contributed by atoms with Gasteiger partial charge < -0.3 is 10.6 Å². The van der Waals surface area contributed by atoms with Crippen molar-refractivity contribution in [2.75, 3.05) is 13.1 Å². The Morgan fingerprint density at radius 2 is 2.00 bits per heavy atom. The van der Waals surface area contributed by atoms with Gasteiger partial charge in [-0.25, -0.2) is 19.0 Å². The van der Waals surface area contributed by atoms with Gasteiger partial charge in [0.1, 0.15) is 10.8 Å². The van der Waals surface area contributed by atoms with Crippen LogP contribution in [-0.2, 0) is 13.0 Å². The molecule has 0 amide bonds. The summed E-state index contributed by atoms with van der Waals surface area (Å²) in [7, 11) is 0. The summed E-state index contributed by atoms with van der Waals surface area (Å²) >= 11 is 1.65. The number of hydrogen-bond donors (Lipinski definition) is 2. The molecule has 0 saturated carbocycles. The van der Waals surface area contributed by atoms with Gasteiger partial charge in [0.25, 0.3) is 0 Å². The first-order valence-corrected chi connectivity index (χ1v) is 10.7. The Morgan fingerprint density at radius 3 is 2.69 bits per heavy atom. The van der Waals surface area contributed by atoms with Gasteiger partial charge >= 0.3 is 0 Å². The molecular weight excluding hydrogens is 387 g/mol. The van der Waals surface area contributed by atoms with Crippen LogP contribution in [0.3, 0.4) is 0 Å². The van der Waals surface area contributed by atoms with Crippen LogP contribution in [0, 0.1) is 5.82 Å². The quantitative estimate of drug-likeness (QED) is 0.434. The normalized spacial score (nSPS) is 11.8. The van der Waals surface area contributed by atoms with E-state index in [0.29, 0.717) is 19.0 Å². The molecule has 29 heavy (non-hydrogen) atoms. The SMILES string of the molecule is CCNC(=NCc1nc(C(C)C)cs1)NCCc1ccn(-c2ccc(F)cc2)n1. The van der Waals surface area contributed by atoms with Crippen molar-refractivity contribution in [2.24, 2.45) is 4.99 Å². The third-order valence-corrected chi connectivity index (χ3v) is 5.14. The second kappa shape index (κ2) is 10.2. The number of benzene rings is 1. The number of aliphatic imine (C=N–C) groups is 1. The molecule has 8 heteroatoms. The highest BCUT2D eigenvalue weighted by molar-refractivity contribution is 7.09. The fraction of sp³-hybridized carbons (Fsp3) is 0.381. The van der Waals surface area contributed by atoms with Crippen LogP contribution in [0.25, 0.3) is 5.69 Å². The lowest BCUT2D eigenvalue weighted by Gasteiger charge is -2.10. The number of aromatic nitrogens is 3. The fourth-order valence-corrected chi connectivity index (χ4v) is 3.57. The number of thiazole rings is 1. The van der Waals surface area contributed by atoms with Crippen LogP contribution < -0.4 is 10.6 Å². The van der Waals surface area contributed by atoms with Crippen molar-refractivity contribution in [2.45, 2.75) is 39.7 Å². The maximum Gasteiger partial charge on any atom is 0.191 e. The average molecular weight is 415 g/mol. The highest BCUT2D eigenvalue weighted by Crippen LogP contribution is 2.18. The number of hydrogen-bond acceptors (Lipinski definition) is 4. The topological polar surface area (TPSA) is 67.1 Å². The maximum absolute atomic E-state index is 13.1. The summed E-state index contributed by atoms with van der Waals surface area (Å²) in [6, 6.07) is 8.26. The Bertz CT molecular complexity index is 929. The van der Waals surface area contributed by atoms with Gasteiger partial charge in [-0.15, -0.1) is 11.3 Å². The second-order valence-corrected chi connectivity index (χ2v) is 7.86. The largest absolute Gasteiger partial charge is 0.357 e. The summed E-state index contributed by atoms with van der Waals surface area (Å²) in [5, 5.41) is 14.3. The van der Waals surface area contributed by atoms with Gasteiger partial charge in [0, 0.05) is 31.1 Å². The fourth-order valence-electron chi connectivity index (χ4n) is 2.69. The van der Waals surface area contributed by atoms with Crippen molar-refractivity contribution >= 4 is 17.3 Å². The molecule has 0 bridgehead atoms. The van der Waals surface area contributed by atoms with Crippen molar-refractivity contribution in [1.82, 2.24) is 25.4 Å². The number of nitrogens with zero attached hydrogens (tertiary/aromatic N) is 4. The minimum absolute atomic E-state index is 0.251. The first-order chi connectivity index (χ1) is 14.0. The Labute approximate surface area is 174 Å². The first kappa shape index (κ1) is 21.0. The third-order valence-electron chi connectivity index (χ3n) is 4.29. The van der Waals surface area contributed by atoms with Crippen LogP contribution in [0.2, 0.25) is 0 Å². The Hall–Kier alpha value is -2.74. The molecule has 1 aromatic carbocycles. The molecule has 0 unspecified atom stereocenters. The average Bonchev–Trinajstić information content (AvgIpc) is 3.36. The smallest absolute Gasteiger partial charge is 0.191 e. The second-order valence-electron chi connectivity index (χ2n) is 6.92. The van der Waals surface area contributed by atoms with Crippen LogP contribution in [0.15, 0.2) is 46.9 Å². The first-order valence-electron chi connectivity index (χ1n) is 9.82. The lowest BCUT2D eigenvalue weighted by Crippen LogP contribution is -2.38. The van der Waals surface area contributed by atoms with Crippen LogP contribution in [0.1, 0.15) is 43.1 Å². The standard InChI is InChI=1S/C21H27FN6S/c1-4-23-21(25-13-20-26-19(14-29-20)15(2)3)24-11-9-17-10-12-28(27-17)18-7-5-16(22)6-8-18/h5-8,10,12,14-15H,4,9,11,13H2,1-3H3,(H2,23,24,25). The zero-order valence-electron chi connectivity index (χ0n) is 17.0. The van der Waals surface area contributed by atoms with E-state index in [0.717, 1.165) is 41.0 Å². The van der Waals surface area contributed by atoms with E-state index in [4.69, 9.17) is 0 Å². The van der Waals surface area contributed by atoms with E-state index in [1.165, 1.54) is 12.1 Å². The third kappa shape index (κ3) is 6.12. The number of nitrogens with one attached hydrogen (secondary N) is 2. The zero-order chi connectivity index (χ0) is 20.6. The molecule has 3 rings (SSSR count).